The molecule has 2 atom stereocenters. The molecule has 1 saturated carbocycles. The highest BCUT2D eigenvalue weighted by Crippen LogP contribution is 2.52. The summed E-state index contributed by atoms with van der Waals surface area (Å²) >= 11 is 6.16. The number of nitrogens with one attached hydrogen (secondary N) is 2. The molecule has 1 fully saturated rings. The van der Waals surface area contributed by atoms with Gasteiger partial charge in [-0.25, -0.2) is 0 Å². The monoisotopic (exact) mass is 570 g/mol. The Bertz CT molecular complexity index is 1730. The molecule has 2 unspecified atom stereocenters. The van der Waals surface area contributed by atoms with Crippen LogP contribution < -0.4 is 15.5 Å². The standard InChI is InChI=1S/C35H31ClN6/c1-23-10-19-28(20-11-23)42-31-9-5-8-29(31)30-22-25(16-21-32(30)42)13-12-24-14-17-27(18-15-24)38-35-40-33(36)39-34(41-35)37-26-6-3-2-4-7-26/h2-4,6-7,10-22,29,31H,5,8-9H2,1H3,(H2,37,38,39,40,41)/b13-12+. The fourth-order valence-electron chi connectivity index (χ4n) is 6.13. The Morgan fingerprint density at radius 1 is 0.738 bits per heavy atom. The van der Waals surface area contributed by atoms with E-state index < -0.39 is 0 Å². The van der Waals surface area contributed by atoms with E-state index in [2.05, 4.69) is 104 Å². The lowest BCUT2D eigenvalue weighted by molar-refractivity contribution is 0.642. The predicted octanol–water partition coefficient (Wildman–Crippen LogP) is 9.28. The molecular weight excluding hydrogens is 540 g/mol. The average Bonchev–Trinajstić information content (AvgIpc) is 3.59. The van der Waals surface area contributed by atoms with E-state index in [1.807, 2.05) is 42.5 Å². The number of benzene rings is 4. The second-order valence-corrected chi connectivity index (χ2v) is 11.3. The highest BCUT2D eigenvalue weighted by atomic mass is 35.5. The minimum Gasteiger partial charge on any atom is -0.338 e. The van der Waals surface area contributed by atoms with Crippen LogP contribution in [0.3, 0.4) is 0 Å². The molecular formula is C35H31ClN6. The summed E-state index contributed by atoms with van der Waals surface area (Å²) in [5.74, 6) is 1.36. The first-order valence-corrected chi connectivity index (χ1v) is 14.8. The maximum Gasteiger partial charge on any atom is 0.233 e. The van der Waals surface area contributed by atoms with Crippen molar-refractivity contribution in [2.75, 3.05) is 15.5 Å². The molecule has 1 aromatic heterocycles. The maximum atomic E-state index is 6.16. The summed E-state index contributed by atoms with van der Waals surface area (Å²) in [6, 6.07) is 34.3. The summed E-state index contributed by atoms with van der Waals surface area (Å²) in [6.45, 7) is 2.15. The molecule has 0 amide bonds. The van der Waals surface area contributed by atoms with Gasteiger partial charge in [0, 0.05) is 34.7 Å². The lowest BCUT2D eigenvalue weighted by atomic mass is 9.95. The van der Waals surface area contributed by atoms with E-state index >= 15 is 0 Å². The number of fused-ring (bicyclic) bond motifs is 3. The van der Waals surface area contributed by atoms with Gasteiger partial charge in [0.2, 0.25) is 17.2 Å². The van der Waals surface area contributed by atoms with Gasteiger partial charge in [-0.15, -0.1) is 0 Å². The van der Waals surface area contributed by atoms with Gasteiger partial charge in [-0.3, -0.25) is 0 Å². The molecule has 0 saturated heterocycles. The van der Waals surface area contributed by atoms with E-state index in [1.165, 1.54) is 47.3 Å². The molecule has 0 bridgehead atoms. The summed E-state index contributed by atoms with van der Waals surface area (Å²) in [7, 11) is 0. The predicted molar refractivity (Wildman–Crippen MR) is 173 cm³/mol. The lowest BCUT2D eigenvalue weighted by Crippen LogP contribution is -2.26. The first kappa shape index (κ1) is 26.2. The summed E-state index contributed by atoms with van der Waals surface area (Å²) in [6.07, 6.45) is 8.16. The third kappa shape index (κ3) is 5.46. The number of aromatic nitrogens is 3. The Hall–Kier alpha value is -4.68. The van der Waals surface area contributed by atoms with Crippen LogP contribution in [-0.2, 0) is 0 Å². The van der Waals surface area contributed by atoms with Crippen molar-refractivity contribution >= 4 is 58.4 Å². The second-order valence-electron chi connectivity index (χ2n) is 11.0. The lowest BCUT2D eigenvalue weighted by Gasteiger charge is -2.27. The smallest absolute Gasteiger partial charge is 0.233 e. The van der Waals surface area contributed by atoms with Gasteiger partial charge in [0.25, 0.3) is 0 Å². The van der Waals surface area contributed by atoms with Crippen LogP contribution in [0.2, 0.25) is 5.28 Å². The molecule has 208 valence electrons. The number of aryl methyl sites for hydroxylation is 1. The van der Waals surface area contributed by atoms with Crippen molar-refractivity contribution in [3.8, 4) is 0 Å². The van der Waals surface area contributed by atoms with E-state index in [0.717, 1.165) is 16.9 Å². The first-order valence-electron chi connectivity index (χ1n) is 14.4. The van der Waals surface area contributed by atoms with Gasteiger partial charge < -0.3 is 15.5 Å². The number of para-hydroxylation sites is 1. The third-order valence-electron chi connectivity index (χ3n) is 8.11. The molecule has 42 heavy (non-hydrogen) atoms. The molecule has 0 radical (unpaired) electrons. The molecule has 2 heterocycles. The van der Waals surface area contributed by atoms with Crippen molar-refractivity contribution in [2.24, 2.45) is 0 Å². The molecule has 1 aliphatic heterocycles. The van der Waals surface area contributed by atoms with Crippen molar-refractivity contribution in [3.63, 3.8) is 0 Å². The molecule has 1 aliphatic carbocycles. The molecule has 2 aliphatic rings. The minimum absolute atomic E-state index is 0.116. The van der Waals surface area contributed by atoms with Gasteiger partial charge in [-0.05, 0) is 96.6 Å². The Morgan fingerprint density at radius 3 is 2.14 bits per heavy atom. The summed E-state index contributed by atoms with van der Waals surface area (Å²) in [4.78, 5) is 15.4. The molecule has 2 N–H and O–H groups in total. The number of hydrogen-bond acceptors (Lipinski definition) is 6. The van der Waals surface area contributed by atoms with Crippen molar-refractivity contribution in [3.05, 3.63) is 125 Å². The Labute approximate surface area is 251 Å². The number of halogens is 1. The zero-order chi connectivity index (χ0) is 28.5. The fourth-order valence-corrected chi connectivity index (χ4v) is 6.29. The van der Waals surface area contributed by atoms with Gasteiger partial charge >= 0.3 is 0 Å². The number of rotatable bonds is 7. The SMILES string of the molecule is Cc1ccc(N2c3ccc(/C=C/c4ccc(Nc5nc(Cl)nc(Nc6ccccc6)n5)cc4)cc3C3CCCC32)cc1. The zero-order valence-corrected chi connectivity index (χ0v) is 24.1. The van der Waals surface area contributed by atoms with Crippen molar-refractivity contribution < 1.29 is 0 Å². The van der Waals surface area contributed by atoms with Crippen LogP contribution >= 0.6 is 11.6 Å². The van der Waals surface area contributed by atoms with Crippen LogP contribution in [0.5, 0.6) is 0 Å². The number of nitrogens with zero attached hydrogens (tertiary/aromatic N) is 4. The van der Waals surface area contributed by atoms with Crippen LogP contribution in [-0.4, -0.2) is 21.0 Å². The highest BCUT2D eigenvalue weighted by molar-refractivity contribution is 6.28. The van der Waals surface area contributed by atoms with Crippen molar-refractivity contribution in [1.29, 1.82) is 0 Å². The van der Waals surface area contributed by atoms with E-state index in [4.69, 9.17) is 11.6 Å². The minimum atomic E-state index is 0.116. The Balaban J connectivity index is 1.05. The zero-order valence-electron chi connectivity index (χ0n) is 23.3. The van der Waals surface area contributed by atoms with Crippen molar-refractivity contribution in [1.82, 2.24) is 15.0 Å². The number of anilines is 6. The van der Waals surface area contributed by atoms with E-state index in [9.17, 15) is 0 Å². The summed E-state index contributed by atoms with van der Waals surface area (Å²) < 4.78 is 0. The topological polar surface area (TPSA) is 66.0 Å². The van der Waals surface area contributed by atoms with Crippen LogP contribution in [0.15, 0.2) is 97.1 Å². The molecule has 5 aromatic rings. The van der Waals surface area contributed by atoms with Gasteiger partial charge in [-0.2, -0.15) is 15.0 Å². The van der Waals surface area contributed by atoms with Crippen molar-refractivity contribution in [2.45, 2.75) is 38.1 Å². The molecule has 7 heteroatoms. The Morgan fingerprint density at radius 2 is 1.40 bits per heavy atom. The number of hydrogen-bond donors (Lipinski definition) is 2. The van der Waals surface area contributed by atoms with Crippen LogP contribution in [0.25, 0.3) is 12.2 Å². The van der Waals surface area contributed by atoms with E-state index in [1.54, 1.807) is 0 Å². The van der Waals surface area contributed by atoms with Gasteiger partial charge in [0.15, 0.2) is 0 Å². The van der Waals surface area contributed by atoms with Gasteiger partial charge in [0.05, 0.1) is 0 Å². The molecule has 6 nitrogen and oxygen atoms in total. The second kappa shape index (κ2) is 11.3. The van der Waals surface area contributed by atoms with Gasteiger partial charge in [0.1, 0.15) is 0 Å². The summed E-state index contributed by atoms with van der Waals surface area (Å²) in [5.41, 5.74) is 9.52. The Kier molecular flexibility index (Phi) is 7.06. The van der Waals surface area contributed by atoms with Crippen LogP contribution in [0, 0.1) is 6.92 Å². The van der Waals surface area contributed by atoms with Crippen LogP contribution in [0.4, 0.5) is 34.6 Å². The quantitative estimate of drug-likeness (QED) is 0.190. The first-order chi connectivity index (χ1) is 20.6. The van der Waals surface area contributed by atoms with Gasteiger partial charge in [-0.1, -0.05) is 72.7 Å². The highest BCUT2D eigenvalue weighted by Gasteiger charge is 2.41. The van der Waals surface area contributed by atoms with Crippen LogP contribution in [0.1, 0.15) is 47.4 Å². The molecule has 0 spiro atoms. The molecule has 7 rings (SSSR count). The largest absolute Gasteiger partial charge is 0.338 e. The van der Waals surface area contributed by atoms with E-state index in [-0.39, 0.29) is 5.28 Å². The van der Waals surface area contributed by atoms with E-state index in [0.29, 0.717) is 23.9 Å². The molecule has 4 aromatic carbocycles. The summed E-state index contributed by atoms with van der Waals surface area (Å²) in [5, 5.41) is 6.50. The maximum absolute atomic E-state index is 6.16. The average molecular weight is 571 g/mol. The fraction of sp³-hybridized carbons (Fsp3) is 0.171. The third-order valence-corrected chi connectivity index (χ3v) is 8.28. The normalized spacial score (nSPS) is 17.3.